The quantitative estimate of drug-likeness (QED) is 0.410. The Kier molecular flexibility index (Phi) is 5.18. The lowest BCUT2D eigenvalue weighted by Crippen LogP contribution is -2.04. The van der Waals surface area contributed by atoms with Gasteiger partial charge in [0, 0.05) is 20.3 Å². The first kappa shape index (κ1) is 13.2. The van der Waals surface area contributed by atoms with Crippen molar-refractivity contribution in [2.45, 2.75) is 0 Å². The van der Waals surface area contributed by atoms with Crippen molar-refractivity contribution in [1.82, 2.24) is 0 Å². The van der Waals surface area contributed by atoms with E-state index in [-0.39, 0.29) is 25.0 Å². The number of ether oxygens (including phenoxy) is 4. The van der Waals surface area contributed by atoms with Gasteiger partial charge in [-0.15, -0.1) is 0 Å². The van der Waals surface area contributed by atoms with E-state index in [0.717, 1.165) is 0 Å². The lowest BCUT2D eigenvalue weighted by Gasteiger charge is -2.11. The summed E-state index contributed by atoms with van der Waals surface area (Å²) in [5.41, 5.74) is -0.0825. The first-order chi connectivity index (χ1) is 8.19. The van der Waals surface area contributed by atoms with Crippen molar-refractivity contribution in [2.75, 3.05) is 27.8 Å². The van der Waals surface area contributed by atoms with E-state index in [1.54, 1.807) is 0 Å². The monoisotopic (exact) mass is 243 g/mol. The predicted molar refractivity (Wildman–Crippen MR) is 58.1 cm³/mol. The molecule has 17 heavy (non-hydrogen) atoms. The number of hydrogen-bond donors (Lipinski definition) is 0. The Morgan fingerprint density at radius 2 is 1.71 bits per heavy atom. The third-order valence-corrected chi connectivity index (χ3v) is 1.80. The molecule has 0 amide bonds. The van der Waals surface area contributed by atoms with Gasteiger partial charge in [-0.1, -0.05) is 0 Å². The van der Waals surface area contributed by atoms with Gasteiger partial charge in [-0.2, -0.15) is 0 Å². The van der Waals surface area contributed by atoms with E-state index in [1.165, 1.54) is 32.4 Å². The van der Waals surface area contributed by atoms with Crippen molar-refractivity contribution in [3.8, 4) is 11.5 Å². The molecule has 0 bridgehead atoms. The van der Waals surface area contributed by atoms with Crippen molar-refractivity contribution < 1.29 is 23.9 Å². The lowest BCUT2D eigenvalue weighted by molar-refractivity contribution is -0.385. The highest BCUT2D eigenvalue weighted by atomic mass is 16.7. The van der Waals surface area contributed by atoms with Crippen LogP contribution in [0.25, 0.3) is 0 Å². The number of benzene rings is 1. The average molecular weight is 243 g/mol. The predicted octanol–water partition coefficient (Wildman–Crippen LogP) is 1.56. The van der Waals surface area contributed by atoms with Crippen molar-refractivity contribution in [2.24, 2.45) is 0 Å². The maximum Gasteiger partial charge on any atom is 0.273 e. The maximum absolute atomic E-state index is 10.6. The Bertz CT molecular complexity index is 381. The smallest absolute Gasteiger partial charge is 0.273 e. The van der Waals surface area contributed by atoms with Crippen LogP contribution in [0.5, 0.6) is 11.5 Å². The van der Waals surface area contributed by atoms with Gasteiger partial charge < -0.3 is 18.9 Å². The van der Waals surface area contributed by atoms with Crippen LogP contribution in [0, 0.1) is 10.1 Å². The number of nitro groups is 1. The normalized spacial score (nSPS) is 10.0. The highest BCUT2D eigenvalue weighted by Gasteiger charge is 2.12. The van der Waals surface area contributed by atoms with Gasteiger partial charge in [0.25, 0.3) is 5.69 Å². The van der Waals surface area contributed by atoms with Crippen molar-refractivity contribution in [3.05, 3.63) is 28.3 Å². The molecule has 0 aliphatic rings. The zero-order valence-electron chi connectivity index (χ0n) is 9.54. The van der Waals surface area contributed by atoms with Crippen LogP contribution in [0.1, 0.15) is 0 Å². The second-order valence-corrected chi connectivity index (χ2v) is 2.99. The van der Waals surface area contributed by atoms with Crippen LogP contribution in [-0.2, 0) is 9.47 Å². The molecule has 0 aliphatic carbocycles. The molecule has 0 atom stereocenters. The summed E-state index contributed by atoms with van der Waals surface area (Å²) < 4.78 is 19.8. The first-order valence-electron chi connectivity index (χ1n) is 4.71. The topological polar surface area (TPSA) is 80.1 Å². The van der Waals surface area contributed by atoms with Crippen LogP contribution in [0.4, 0.5) is 5.69 Å². The van der Waals surface area contributed by atoms with E-state index in [0.29, 0.717) is 5.75 Å². The molecule has 1 aromatic carbocycles. The molecule has 0 fully saturated rings. The molecule has 0 N–H and O–H groups in total. The van der Waals surface area contributed by atoms with Crippen LogP contribution in [0.2, 0.25) is 0 Å². The summed E-state index contributed by atoms with van der Waals surface area (Å²) in [6, 6.07) is 4.04. The molecule has 0 aliphatic heterocycles. The maximum atomic E-state index is 10.6. The molecule has 0 saturated heterocycles. The van der Waals surface area contributed by atoms with E-state index in [1.807, 2.05) is 0 Å². The lowest BCUT2D eigenvalue weighted by atomic mass is 10.3. The molecule has 0 heterocycles. The summed E-state index contributed by atoms with van der Waals surface area (Å²) in [4.78, 5) is 10.1. The number of nitro benzene ring substituents is 1. The minimum atomic E-state index is -0.514. The third-order valence-electron chi connectivity index (χ3n) is 1.80. The van der Waals surface area contributed by atoms with Gasteiger partial charge in [-0.25, -0.2) is 0 Å². The summed E-state index contributed by atoms with van der Waals surface area (Å²) in [5, 5.41) is 10.6. The van der Waals surface area contributed by atoms with E-state index >= 15 is 0 Å². The third kappa shape index (κ3) is 3.89. The Hall–Kier alpha value is -1.86. The second-order valence-electron chi connectivity index (χ2n) is 2.99. The Labute approximate surface area is 98.0 Å². The van der Waals surface area contributed by atoms with Crippen molar-refractivity contribution in [1.29, 1.82) is 0 Å². The number of nitrogens with zero attached hydrogens (tertiary/aromatic N) is 1. The minimum absolute atomic E-state index is 0.0233. The van der Waals surface area contributed by atoms with Gasteiger partial charge in [0.05, 0.1) is 11.0 Å². The van der Waals surface area contributed by atoms with Crippen LogP contribution in [0.3, 0.4) is 0 Å². The number of rotatable bonds is 7. The summed E-state index contributed by atoms with van der Waals surface area (Å²) in [6.45, 7) is 0.00562. The second kappa shape index (κ2) is 6.66. The van der Waals surface area contributed by atoms with Gasteiger partial charge >= 0.3 is 0 Å². The molecule has 1 aromatic rings. The zero-order valence-corrected chi connectivity index (χ0v) is 9.54. The van der Waals surface area contributed by atoms with E-state index < -0.39 is 4.92 Å². The number of hydrogen-bond acceptors (Lipinski definition) is 6. The number of methoxy groups -OCH3 is 2. The van der Waals surface area contributed by atoms with Gasteiger partial charge in [-0.05, 0) is 6.07 Å². The van der Waals surface area contributed by atoms with Crippen LogP contribution >= 0.6 is 0 Å². The molecule has 0 aromatic heterocycles. The van der Waals surface area contributed by atoms with Crippen LogP contribution in [0.15, 0.2) is 18.2 Å². The molecule has 7 heteroatoms. The van der Waals surface area contributed by atoms with Crippen molar-refractivity contribution >= 4 is 5.69 Å². The summed E-state index contributed by atoms with van der Waals surface area (Å²) in [6.07, 6.45) is 0. The molecular weight excluding hydrogens is 230 g/mol. The molecule has 7 nitrogen and oxygen atoms in total. The van der Waals surface area contributed by atoms with Crippen LogP contribution < -0.4 is 9.47 Å². The molecule has 94 valence electrons. The van der Waals surface area contributed by atoms with E-state index in [9.17, 15) is 10.1 Å². The molecular formula is C10H13NO6. The molecule has 0 unspecified atom stereocenters. The van der Waals surface area contributed by atoms with Gasteiger partial charge in [0.15, 0.2) is 25.1 Å². The van der Waals surface area contributed by atoms with Crippen LogP contribution in [-0.4, -0.2) is 32.7 Å². The van der Waals surface area contributed by atoms with E-state index in [4.69, 9.17) is 18.9 Å². The average Bonchev–Trinajstić information content (AvgIpc) is 2.34. The Morgan fingerprint density at radius 3 is 2.24 bits per heavy atom. The van der Waals surface area contributed by atoms with Gasteiger partial charge in [0.1, 0.15) is 0 Å². The highest BCUT2D eigenvalue weighted by Crippen LogP contribution is 2.31. The fraction of sp³-hybridized carbons (Fsp3) is 0.400. The largest absolute Gasteiger partial charge is 0.464 e. The van der Waals surface area contributed by atoms with E-state index in [2.05, 4.69) is 0 Å². The van der Waals surface area contributed by atoms with Gasteiger partial charge in [-0.3, -0.25) is 10.1 Å². The molecule has 0 saturated carbocycles. The molecule has 0 spiro atoms. The van der Waals surface area contributed by atoms with Crippen molar-refractivity contribution in [3.63, 3.8) is 0 Å². The SMILES string of the molecule is COCOc1ccc([N+](=O)[O-])cc1OCOC. The standard InChI is InChI=1S/C10H13NO6/c1-14-6-16-9-4-3-8(11(12)13)5-10(9)17-7-15-2/h3-5H,6-7H2,1-2H3. The summed E-state index contributed by atoms with van der Waals surface area (Å²) >= 11 is 0. The Morgan fingerprint density at radius 1 is 1.12 bits per heavy atom. The number of non-ortho nitro benzene ring substituents is 1. The molecule has 0 radical (unpaired) electrons. The summed E-state index contributed by atoms with van der Waals surface area (Å²) in [5.74, 6) is 0.590. The fourth-order valence-corrected chi connectivity index (χ4v) is 1.09. The Balaban J connectivity index is 2.90. The first-order valence-corrected chi connectivity index (χ1v) is 4.71. The zero-order chi connectivity index (χ0) is 12.7. The summed E-state index contributed by atoms with van der Waals surface area (Å²) in [7, 11) is 2.92. The molecule has 1 rings (SSSR count). The fourth-order valence-electron chi connectivity index (χ4n) is 1.09. The minimum Gasteiger partial charge on any atom is -0.464 e. The van der Waals surface area contributed by atoms with Gasteiger partial charge in [0.2, 0.25) is 0 Å². The highest BCUT2D eigenvalue weighted by molar-refractivity contribution is 5.48.